The molecule has 3 nitrogen and oxygen atoms in total. The minimum Gasteiger partial charge on any atom is -0.377 e. The molecule has 2 rings (SSSR count). The van der Waals surface area contributed by atoms with Crippen molar-refractivity contribution in [2.24, 2.45) is 5.84 Å². The van der Waals surface area contributed by atoms with Crippen molar-refractivity contribution in [3.05, 3.63) is 34.6 Å². The molecule has 1 fully saturated rings. The number of hydrogen-bond donors (Lipinski definition) is 2. The van der Waals surface area contributed by atoms with Gasteiger partial charge in [-0.2, -0.15) is 0 Å². The highest BCUT2D eigenvalue weighted by Gasteiger charge is 2.24. The summed E-state index contributed by atoms with van der Waals surface area (Å²) in [5.74, 6) is 5.30. The molecule has 1 aliphatic rings. The van der Waals surface area contributed by atoms with E-state index in [1.807, 2.05) is 0 Å². The molecule has 0 radical (unpaired) electrons. The highest BCUT2D eigenvalue weighted by Crippen LogP contribution is 2.21. The van der Waals surface area contributed by atoms with E-state index >= 15 is 0 Å². The average molecular weight is 273 g/mol. The standard InChI is InChI=1S/C13H18ClFN2O/c14-10-4-5-11(15)9(7-10)8-12(17-16)13-3-1-2-6-18-13/h4-5,7,12-13,17H,1-3,6,8,16H2. The maximum absolute atomic E-state index is 13.7. The van der Waals surface area contributed by atoms with Gasteiger partial charge in [-0.25, -0.2) is 4.39 Å². The van der Waals surface area contributed by atoms with Gasteiger partial charge in [-0.05, 0) is 49.4 Å². The summed E-state index contributed by atoms with van der Waals surface area (Å²) in [6.07, 6.45) is 3.69. The fourth-order valence-corrected chi connectivity index (χ4v) is 2.51. The third-order valence-electron chi connectivity index (χ3n) is 3.33. The molecular formula is C13H18ClFN2O. The fraction of sp³-hybridized carbons (Fsp3) is 0.538. The molecule has 0 saturated carbocycles. The van der Waals surface area contributed by atoms with Crippen molar-refractivity contribution in [2.75, 3.05) is 6.61 Å². The Morgan fingerprint density at radius 1 is 1.50 bits per heavy atom. The lowest BCUT2D eigenvalue weighted by molar-refractivity contribution is -0.00758. The zero-order valence-corrected chi connectivity index (χ0v) is 10.9. The third kappa shape index (κ3) is 3.42. The number of rotatable bonds is 4. The Kier molecular flexibility index (Phi) is 4.95. The minimum atomic E-state index is -0.254. The minimum absolute atomic E-state index is 0.0436. The van der Waals surface area contributed by atoms with Crippen LogP contribution >= 0.6 is 11.6 Å². The smallest absolute Gasteiger partial charge is 0.126 e. The van der Waals surface area contributed by atoms with Crippen LogP contribution in [0.5, 0.6) is 0 Å². The number of hydrazine groups is 1. The summed E-state index contributed by atoms with van der Waals surface area (Å²) >= 11 is 5.88. The van der Waals surface area contributed by atoms with Crippen LogP contribution in [0.3, 0.4) is 0 Å². The molecule has 0 aliphatic carbocycles. The largest absolute Gasteiger partial charge is 0.377 e. The van der Waals surface area contributed by atoms with E-state index in [1.165, 1.54) is 6.07 Å². The maximum Gasteiger partial charge on any atom is 0.126 e. The van der Waals surface area contributed by atoms with Crippen molar-refractivity contribution < 1.29 is 9.13 Å². The van der Waals surface area contributed by atoms with Crippen LogP contribution in [0, 0.1) is 5.82 Å². The highest BCUT2D eigenvalue weighted by molar-refractivity contribution is 6.30. The van der Waals surface area contributed by atoms with E-state index in [-0.39, 0.29) is 18.0 Å². The van der Waals surface area contributed by atoms with E-state index in [9.17, 15) is 4.39 Å². The number of nitrogens with one attached hydrogen (secondary N) is 1. The first kappa shape index (κ1) is 13.7. The first-order chi connectivity index (χ1) is 8.70. The molecule has 18 heavy (non-hydrogen) atoms. The Labute approximate surface area is 111 Å². The van der Waals surface area contributed by atoms with Gasteiger partial charge >= 0.3 is 0 Å². The van der Waals surface area contributed by atoms with Crippen molar-refractivity contribution >= 4 is 11.6 Å². The number of nitrogens with two attached hydrogens (primary N) is 1. The summed E-state index contributed by atoms with van der Waals surface area (Å²) in [4.78, 5) is 0. The van der Waals surface area contributed by atoms with Gasteiger partial charge in [-0.15, -0.1) is 0 Å². The summed E-state index contributed by atoms with van der Waals surface area (Å²) in [6.45, 7) is 0.751. The van der Waals surface area contributed by atoms with Gasteiger partial charge in [-0.1, -0.05) is 11.6 Å². The Bertz CT molecular complexity index is 397. The molecule has 3 N–H and O–H groups in total. The number of benzene rings is 1. The molecule has 5 heteroatoms. The van der Waals surface area contributed by atoms with E-state index < -0.39 is 0 Å². The van der Waals surface area contributed by atoms with E-state index in [0.29, 0.717) is 17.0 Å². The monoisotopic (exact) mass is 272 g/mol. The lowest BCUT2D eigenvalue weighted by atomic mass is 9.96. The van der Waals surface area contributed by atoms with Crippen LogP contribution in [-0.4, -0.2) is 18.8 Å². The van der Waals surface area contributed by atoms with Crippen molar-refractivity contribution in [3.63, 3.8) is 0 Å². The first-order valence-electron chi connectivity index (χ1n) is 6.22. The lowest BCUT2D eigenvalue weighted by Crippen LogP contribution is -2.47. The van der Waals surface area contributed by atoms with Crippen LogP contribution in [0.2, 0.25) is 5.02 Å². The Balaban J connectivity index is 2.06. The van der Waals surface area contributed by atoms with Gasteiger partial charge in [0.25, 0.3) is 0 Å². The molecule has 2 atom stereocenters. The van der Waals surface area contributed by atoms with Crippen molar-refractivity contribution in [2.45, 2.75) is 37.8 Å². The molecule has 1 aromatic rings. The summed E-state index contributed by atoms with van der Waals surface area (Å²) < 4.78 is 19.3. The Hall–Kier alpha value is -0.680. The van der Waals surface area contributed by atoms with E-state index in [0.717, 1.165) is 25.9 Å². The van der Waals surface area contributed by atoms with E-state index in [2.05, 4.69) is 5.43 Å². The summed E-state index contributed by atoms with van der Waals surface area (Å²) in [5.41, 5.74) is 3.30. The van der Waals surface area contributed by atoms with Gasteiger partial charge in [0.05, 0.1) is 12.1 Å². The Morgan fingerprint density at radius 3 is 3.00 bits per heavy atom. The zero-order valence-electron chi connectivity index (χ0n) is 10.2. The van der Waals surface area contributed by atoms with Crippen molar-refractivity contribution in [1.82, 2.24) is 5.43 Å². The van der Waals surface area contributed by atoms with Crippen LogP contribution in [0.1, 0.15) is 24.8 Å². The highest BCUT2D eigenvalue weighted by atomic mass is 35.5. The van der Waals surface area contributed by atoms with Crippen molar-refractivity contribution in [1.29, 1.82) is 0 Å². The fourth-order valence-electron chi connectivity index (χ4n) is 2.32. The number of halogens is 2. The number of hydrogen-bond acceptors (Lipinski definition) is 3. The first-order valence-corrected chi connectivity index (χ1v) is 6.60. The zero-order chi connectivity index (χ0) is 13.0. The molecule has 0 spiro atoms. The predicted molar refractivity (Wildman–Crippen MR) is 69.8 cm³/mol. The predicted octanol–water partition coefficient (Wildman–Crippen LogP) is 2.42. The van der Waals surface area contributed by atoms with E-state index in [4.69, 9.17) is 22.2 Å². The second-order valence-corrected chi connectivity index (χ2v) is 5.05. The number of ether oxygens (including phenoxy) is 1. The van der Waals surface area contributed by atoms with Crippen molar-refractivity contribution in [3.8, 4) is 0 Å². The summed E-state index contributed by atoms with van der Waals surface area (Å²) in [5, 5.41) is 0.534. The maximum atomic E-state index is 13.7. The molecule has 100 valence electrons. The van der Waals surface area contributed by atoms with Gasteiger partial charge in [0.2, 0.25) is 0 Å². The summed E-state index contributed by atoms with van der Waals surface area (Å²) in [7, 11) is 0. The van der Waals surface area contributed by atoms with Crippen LogP contribution < -0.4 is 11.3 Å². The molecular weight excluding hydrogens is 255 g/mol. The quantitative estimate of drug-likeness (QED) is 0.654. The second kappa shape index (κ2) is 6.48. The third-order valence-corrected chi connectivity index (χ3v) is 3.56. The normalized spacial score (nSPS) is 21.8. The van der Waals surface area contributed by atoms with Crippen LogP contribution in [0.25, 0.3) is 0 Å². The van der Waals surface area contributed by atoms with Crippen LogP contribution in [0.4, 0.5) is 4.39 Å². The molecule has 0 bridgehead atoms. The second-order valence-electron chi connectivity index (χ2n) is 4.62. The molecule has 1 saturated heterocycles. The molecule has 0 aromatic heterocycles. The molecule has 1 aliphatic heterocycles. The van der Waals surface area contributed by atoms with Crippen LogP contribution in [-0.2, 0) is 11.2 Å². The van der Waals surface area contributed by atoms with Gasteiger partial charge < -0.3 is 4.74 Å². The average Bonchev–Trinajstić information content (AvgIpc) is 2.41. The van der Waals surface area contributed by atoms with Gasteiger partial charge in [0, 0.05) is 11.6 Å². The SMILES string of the molecule is NNC(Cc1cc(Cl)ccc1F)C1CCCCO1. The lowest BCUT2D eigenvalue weighted by Gasteiger charge is -2.30. The molecule has 1 heterocycles. The van der Waals surface area contributed by atoms with Crippen LogP contribution in [0.15, 0.2) is 18.2 Å². The topological polar surface area (TPSA) is 47.3 Å². The Morgan fingerprint density at radius 2 is 2.33 bits per heavy atom. The van der Waals surface area contributed by atoms with Gasteiger partial charge in [0.1, 0.15) is 5.82 Å². The van der Waals surface area contributed by atoms with Gasteiger partial charge in [0.15, 0.2) is 0 Å². The van der Waals surface area contributed by atoms with Gasteiger partial charge in [-0.3, -0.25) is 11.3 Å². The molecule has 2 unspecified atom stereocenters. The van der Waals surface area contributed by atoms with E-state index in [1.54, 1.807) is 12.1 Å². The summed E-state index contributed by atoms with van der Waals surface area (Å²) in [6, 6.07) is 4.48. The molecule has 0 amide bonds. The molecule has 1 aromatic carbocycles.